The van der Waals surface area contributed by atoms with Gasteiger partial charge in [-0.3, -0.25) is 4.79 Å². The number of carbonyl (C=O) groups excluding carboxylic acids is 1. The molecule has 0 fully saturated rings. The van der Waals surface area contributed by atoms with Crippen molar-refractivity contribution in [2.45, 2.75) is 39.0 Å². The molecule has 6 nitrogen and oxygen atoms in total. The first-order valence-electron chi connectivity index (χ1n) is 9.50. The number of para-hydroxylation sites is 2. The van der Waals surface area contributed by atoms with Gasteiger partial charge in [-0.1, -0.05) is 12.1 Å². The van der Waals surface area contributed by atoms with Gasteiger partial charge < -0.3 is 14.9 Å². The van der Waals surface area contributed by atoms with Crippen LogP contribution >= 0.6 is 0 Å². The van der Waals surface area contributed by atoms with E-state index < -0.39 is 23.9 Å². The predicted octanol–water partition coefficient (Wildman–Crippen LogP) is 5.00. The van der Waals surface area contributed by atoms with Crippen LogP contribution in [0.3, 0.4) is 0 Å². The van der Waals surface area contributed by atoms with Crippen LogP contribution in [0.15, 0.2) is 42.5 Å². The number of aromatic amines is 1. The monoisotopic (exact) mass is 415 g/mol. The topological polar surface area (TPSA) is 75.6 Å². The number of hydrogen-bond acceptors (Lipinski definition) is 3. The summed E-state index contributed by atoms with van der Waals surface area (Å²) in [6, 6.07) is 11.7. The highest BCUT2D eigenvalue weighted by atomic mass is 19.4. The number of fused-ring (bicyclic) bond motifs is 2. The second kappa shape index (κ2) is 7.16. The molecule has 0 saturated carbocycles. The molecule has 2 aromatic carbocycles. The van der Waals surface area contributed by atoms with Gasteiger partial charge in [0.25, 0.3) is 5.91 Å². The van der Waals surface area contributed by atoms with Crippen molar-refractivity contribution in [1.29, 1.82) is 0 Å². The first-order valence-corrected chi connectivity index (χ1v) is 9.50. The maximum Gasteiger partial charge on any atom is 0.449 e. The highest BCUT2D eigenvalue weighted by molar-refractivity contribution is 5.97. The Morgan fingerprint density at radius 1 is 1.07 bits per heavy atom. The third-order valence-electron chi connectivity index (χ3n) is 4.89. The fourth-order valence-electron chi connectivity index (χ4n) is 3.54. The summed E-state index contributed by atoms with van der Waals surface area (Å²) in [6.45, 7) is 5.90. The van der Waals surface area contributed by atoms with Gasteiger partial charge in [-0.05, 0) is 51.1 Å². The second-order valence-electron chi connectivity index (χ2n) is 7.43. The zero-order chi connectivity index (χ0) is 21.6. The van der Waals surface area contributed by atoms with Crippen LogP contribution in [0.5, 0.6) is 0 Å². The average molecular weight is 415 g/mol. The summed E-state index contributed by atoms with van der Waals surface area (Å²) in [7, 11) is 0. The van der Waals surface area contributed by atoms with E-state index in [1.165, 1.54) is 18.2 Å². The number of amides is 1. The largest absolute Gasteiger partial charge is 0.449 e. The maximum atomic E-state index is 12.9. The molecule has 0 spiro atoms. The van der Waals surface area contributed by atoms with Crippen molar-refractivity contribution in [1.82, 2.24) is 24.8 Å². The minimum absolute atomic E-state index is 0.133. The lowest BCUT2D eigenvalue weighted by atomic mass is 10.1. The van der Waals surface area contributed by atoms with Crippen LogP contribution in [0.25, 0.3) is 22.1 Å². The molecule has 30 heavy (non-hydrogen) atoms. The first-order chi connectivity index (χ1) is 14.1. The number of aromatic nitrogens is 4. The van der Waals surface area contributed by atoms with Gasteiger partial charge in [-0.15, -0.1) is 0 Å². The first kappa shape index (κ1) is 19.9. The minimum Gasteiger partial charge on any atom is -0.342 e. The third-order valence-corrected chi connectivity index (χ3v) is 4.89. The van der Waals surface area contributed by atoms with Crippen LogP contribution in [0.1, 0.15) is 54.9 Å². The summed E-state index contributed by atoms with van der Waals surface area (Å²) in [6.07, 6.45) is -4.58. The molecule has 0 bridgehead atoms. The van der Waals surface area contributed by atoms with Gasteiger partial charge >= 0.3 is 6.18 Å². The molecule has 1 amide bonds. The van der Waals surface area contributed by atoms with Gasteiger partial charge in [0, 0.05) is 11.6 Å². The summed E-state index contributed by atoms with van der Waals surface area (Å²) in [5.74, 6) is -0.787. The SMILES string of the molecule is CC(NC(=O)c1ccc2nc(C(F)(F)F)[nH]c2c1)c1nc2ccccc2n1C(C)C. The lowest BCUT2D eigenvalue weighted by Crippen LogP contribution is -2.29. The molecule has 9 heteroatoms. The fourth-order valence-corrected chi connectivity index (χ4v) is 3.54. The Balaban J connectivity index is 1.62. The smallest absolute Gasteiger partial charge is 0.342 e. The number of alkyl halides is 3. The molecule has 1 unspecified atom stereocenters. The van der Waals surface area contributed by atoms with E-state index in [2.05, 4.69) is 24.8 Å². The second-order valence-corrected chi connectivity index (χ2v) is 7.43. The molecule has 2 aromatic heterocycles. The van der Waals surface area contributed by atoms with E-state index in [1.807, 2.05) is 45.0 Å². The standard InChI is InChI=1S/C21H20F3N5O/c1-11(2)29-17-7-5-4-6-15(17)26-18(29)12(3)25-19(30)13-8-9-14-16(10-13)28-20(27-14)21(22,23)24/h4-12H,1-3H3,(H,25,30)(H,27,28). The third kappa shape index (κ3) is 3.51. The Morgan fingerprint density at radius 3 is 2.50 bits per heavy atom. The van der Waals surface area contributed by atoms with E-state index in [0.29, 0.717) is 5.82 Å². The summed E-state index contributed by atoms with van der Waals surface area (Å²) < 4.78 is 40.6. The van der Waals surface area contributed by atoms with Crippen LogP contribution in [0, 0.1) is 0 Å². The van der Waals surface area contributed by atoms with Crippen molar-refractivity contribution in [3.63, 3.8) is 0 Å². The summed E-state index contributed by atoms with van der Waals surface area (Å²) >= 11 is 0. The van der Waals surface area contributed by atoms with Crippen LogP contribution < -0.4 is 5.32 Å². The van der Waals surface area contributed by atoms with Crippen LogP contribution in [0.2, 0.25) is 0 Å². The number of H-pyrrole nitrogens is 1. The molecule has 156 valence electrons. The average Bonchev–Trinajstić information content (AvgIpc) is 3.28. The number of imidazole rings is 2. The van der Waals surface area contributed by atoms with Crippen LogP contribution in [-0.4, -0.2) is 25.4 Å². The highest BCUT2D eigenvalue weighted by Crippen LogP contribution is 2.29. The van der Waals surface area contributed by atoms with Crippen molar-refractivity contribution < 1.29 is 18.0 Å². The van der Waals surface area contributed by atoms with E-state index in [1.54, 1.807) is 0 Å². The Morgan fingerprint density at radius 2 is 1.80 bits per heavy atom. The van der Waals surface area contributed by atoms with Gasteiger partial charge in [-0.25, -0.2) is 9.97 Å². The molecule has 0 aliphatic heterocycles. The van der Waals surface area contributed by atoms with Crippen LogP contribution in [0.4, 0.5) is 13.2 Å². The molecule has 2 N–H and O–H groups in total. The molecule has 0 aliphatic carbocycles. The highest BCUT2D eigenvalue weighted by Gasteiger charge is 2.34. The molecular weight excluding hydrogens is 395 g/mol. The minimum atomic E-state index is -4.58. The van der Waals surface area contributed by atoms with Gasteiger partial charge in [0.1, 0.15) is 5.82 Å². The van der Waals surface area contributed by atoms with Gasteiger partial charge in [0.2, 0.25) is 5.82 Å². The number of hydrogen-bond donors (Lipinski definition) is 2. The number of carbonyl (C=O) groups is 1. The number of halogens is 3. The number of nitrogens with zero attached hydrogens (tertiary/aromatic N) is 3. The predicted molar refractivity (Wildman–Crippen MR) is 107 cm³/mol. The fraction of sp³-hybridized carbons (Fsp3) is 0.286. The maximum absolute atomic E-state index is 12.9. The van der Waals surface area contributed by atoms with E-state index in [9.17, 15) is 18.0 Å². The van der Waals surface area contributed by atoms with Crippen molar-refractivity contribution in [3.8, 4) is 0 Å². The van der Waals surface area contributed by atoms with E-state index in [4.69, 9.17) is 0 Å². The molecule has 4 rings (SSSR count). The number of rotatable bonds is 4. The van der Waals surface area contributed by atoms with Gasteiger partial charge in [0.15, 0.2) is 0 Å². The molecular formula is C21H20F3N5O. The van der Waals surface area contributed by atoms with Crippen molar-refractivity contribution in [3.05, 3.63) is 59.7 Å². The van der Waals surface area contributed by atoms with Crippen molar-refractivity contribution in [2.24, 2.45) is 0 Å². The lowest BCUT2D eigenvalue weighted by molar-refractivity contribution is -0.144. The number of benzene rings is 2. The Kier molecular flexibility index (Phi) is 4.76. The van der Waals surface area contributed by atoms with Gasteiger partial charge in [0.05, 0.1) is 28.1 Å². The normalized spacial score (nSPS) is 13.3. The molecule has 0 saturated heterocycles. The van der Waals surface area contributed by atoms with E-state index in [0.717, 1.165) is 11.0 Å². The van der Waals surface area contributed by atoms with Crippen LogP contribution in [-0.2, 0) is 6.18 Å². The van der Waals surface area contributed by atoms with Crippen molar-refractivity contribution >= 4 is 28.0 Å². The molecule has 4 aromatic rings. The Hall–Kier alpha value is -3.36. The molecule has 0 radical (unpaired) electrons. The Bertz CT molecular complexity index is 1240. The van der Waals surface area contributed by atoms with Gasteiger partial charge in [-0.2, -0.15) is 13.2 Å². The number of nitrogens with one attached hydrogen (secondary N) is 2. The molecule has 0 aliphatic rings. The molecule has 1 atom stereocenters. The van der Waals surface area contributed by atoms with E-state index >= 15 is 0 Å². The lowest BCUT2D eigenvalue weighted by Gasteiger charge is -2.19. The van der Waals surface area contributed by atoms with E-state index in [-0.39, 0.29) is 22.6 Å². The zero-order valence-corrected chi connectivity index (χ0v) is 16.6. The summed E-state index contributed by atoms with van der Waals surface area (Å²) in [4.78, 5) is 23.2. The Labute approximate surface area is 170 Å². The molecule has 2 heterocycles. The summed E-state index contributed by atoms with van der Waals surface area (Å²) in [5, 5.41) is 2.89. The van der Waals surface area contributed by atoms with Crippen molar-refractivity contribution in [2.75, 3.05) is 0 Å². The zero-order valence-electron chi connectivity index (χ0n) is 16.6. The quantitative estimate of drug-likeness (QED) is 0.492. The summed E-state index contributed by atoms with van der Waals surface area (Å²) in [5.41, 5.74) is 2.34.